The zero-order valence-electron chi connectivity index (χ0n) is 13.4. The Kier molecular flexibility index (Phi) is 5.06. The molecule has 3 rings (SSSR count). The summed E-state index contributed by atoms with van der Waals surface area (Å²) >= 11 is 2.80. The fraction of sp³-hybridized carbons (Fsp3) is 0.562. The Labute approximate surface area is 143 Å². The Balaban J connectivity index is 1.69. The molecule has 2 heterocycles. The number of rotatable bonds is 4. The Morgan fingerprint density at radius 2 is 2.17 bits per heavy atom. The molecule has 0 aliphatic heterocycles. The molecule has 0 aromatic carbocycles. The van der Waals surface area contributed by atoms with Gasteiger partial charge in [0.2, 0.25) is 5.91 Å². The quantitative estimate of drug-likeness (QED) is 0.628. The van der Waals surface area contributed by atoms with Crippen LogP contribution in [0.5, 0.6) is 0 Å². The summed E-state index contributed by atoms with van der Waals surface area (Å²) in [5.41, 5.74) is -0.0492. The number of aromatic nitrogens is 2. The second kappa shape index (κ2) is 7.05. The smallest absolute Gasteiger partial charge is 0.262 e. The molecule has 0 unspecified atom stereocenters. The summed E-state index contributed by atoms with van der Waals surface area (Å²) < 4.78 is 1.54. The lowest BCUT2D eigenvalue weighted by Crippen LogP contribution is -2.39. The predicted octanol–water partition coefficient (Wildman–Crippen LogP) is 2.88. The summed E-state index contributed by atoms with van der Waals surface area (Å²) in [4.78, 5) is 31.8. The molecule has 2 aromatic heterocycles. The van der Waals surface area contributed by atoms with E-state index in [9.17, 15) is 9.59 Å². The summed E-state index contributed by atoms with van der Waals surface area (Å²) in [5, 5.41) is 3.12. The van der Waals surface area contributed by atoms with E-state index in [1.54, 1.807) is 13.1 Å². The van der Waals surface area contributed by atoms with Gasteiger partial charge in [-0.1, -0.05) is 31.0 Å². The molecule has 0 radical (unpaired) electrons. The molecule has 7 heteroatoms. The molecule has 1 amide bonds. The monoisotopic (exact) mass is 351 g/mol. The van der Waals surface area contributed by atoms with Crippen molar-refractivity contribution in [2.24, 2.45) is 7.05 Å². The molecule has 124 valence electrons. The minimum atomic E-state index is -0.0492. The number of amides is 1. The van der Waals surface area contributed by atoms with Crippen LogP contribution in [0.4, 0.5) is 0 Å². The van der Waals surface area contributed by atoms with E-state index >= 15 is 0 Å². The maximum absolute atomic E-state index is 12.4. The molecule has 0 atom stereocenters. The minimum Gasteiger partial charge on any atom is -0.342 e. The van der Waals surface area contributed by atoms with Crippen LogP contribution in [0, 0.1) is 0 Å². The predicted molar refractivity (Wildman–Crippen MR) is 95.2 cm³/mol. The maximum Gasteiger partial charge on any atom is 0.262 e. The SMILES string of the molecule is CN(C(=O)CSc1nc2sccc2c(=O)n1C)C1CCCCC1. The van der Waals surface area contributed by atoms with Gasteiger partial charge in [0, 0.05) is 20.1 Å². The minimum absolute atomic E-state index is 0.0492. The van der Waals surface area contributed by atoms with Crippen molar-refractivity contribution in [1.29, 1.82) is 0 Å². The Morgan fingerprint density at radius 3 is 2.91 bits per heavy atom. The summed E-state index contributed by atoms with van der Waals surface area (Å²) in [6.07, 6.45) is 5.90. The molecule has 0 N–H and O–H groups in total. The van der Waals surface area contributed by atoms with Gasteiger partial charge in [-0.15, -0.1) is 11.3 Å². The second-order valence-corrected chi connectivity index (χ2v) is 7.82. The van der Waals surface area contributed by atoms with Crippen LogP contribution in [0.25, 0.3) is 10.2 Å². The first-order chi connectivity index (χ1) is 11.1. The topological polar surface area (TPSA) is 55.2 Å². The summed E-state index contributed by atoms with van der Waals surface area (Å²) in [6.45, 7) is 0. The number of thioether (sulfide) groups is 1. The lowest BCUT2D eigenvalue weighted by Gasteiger charge is -2.31. The molecule has 0 spiro atoms. The average molecular weight is 351 g/mol. The van der Waals surface area contributed by atoms with Crippen molar-refractivity contribution in [3.05, 3.63) is 21.8 Å². The van der Waals surface area contributed by atoms with Gasteiger partial charge in [0.1, 0.15) is 4.83 Å². The lowest BCUT2D eigenvalue weighted by atomic mass is 9.94. The molecule has 5 nitrogen and oxygen atoms in total. The van der Waals surface area contributed by atoms with Crippen LogP contribution in [0.2, 0.25) is 0 Å². The van der Waals surface area contributed by atoms with Gasteiger partial charge in [-0.25, -0.2) is 4.98 Å². The molecule has 23 heavy (non-hydrogen) atoms. The van der Waals surface area contributed by atoms with Gasteiger partial charge >= 0.3 is 0 Å². The van der Waals surface area contributed by atoms with E-state index in [0.29, 0.717) is 22.3 Å². The highest BCUT2D eigenvalue weighted by Gasteiger charge is 2.22. The zero-order chi connectivity index (χ0) is 16.4. The van der Waals surface area contributed by atoms with Crippen LogP contribution < -0.4 is 5.56 Å². The first kappa shape index (κ1) is 16.5. The van der Waals surface area contributed by atoms with Crippen LogP contribution in [-0.4, -0.2) is 39.2 Å². The van der Waals surface area contributed by atoms with Crippen LogP contribution in [0.3, 0.4) is 0 Å². The third-order valence-corrected chi connectivity index (χ3v) is 6.33. The standard InChI is InChI=1S/C16H21N3O2S2/c1-18(11-6-4-3-5-7-11)13(20)10-23-16-17-14-12(8-9-22-14)15(21)19(16)2/h8-9,11H,3-7,10H2,1-2H3. The van der Waals surface area contributed by atoms with E-state index in [-0.39, 0.29) is 11.5 Å². The Morgan fingerprint density at radius 1 is 1.43 bits per heavy atom. The lowest BCUT2D eigenvalue weighted by molar-refractivity contribution is -0.129. The van der Waals surface area contributed by atoms with E-state index in [2.05, 4.69) is 4.98 Å². The average Bonchev–Trinajstić information content (AvgIpc) is 3.05. The van der Waals surface area contributed by atoms with Crippen molar-refractivity contribution < 1.29 is 4.79 Å². The van der Waals surface area contributed by atoms with Gasteiger partial charge in [-0.05, 0) is 24.3 Å². The largest absolute Gasteiger partial charge is 0.342 e. The highest BCUT2D eigenvalue weighted by Crippen LogP contribution is 2.24. The van der Waals surface area contributed by atoms with Gasteiger partial charge < -0.3 is 4.90 Å². The Bertz CT molecular complexity index is 762. The number of carbonyl (C=O) groups is 1. The van der Waals surface area contributed by atoms with Crippen LogP contribution in [-0.2, 0) is 11.8 Å². The summed E-state index contributed by atoms with van der Waals surface area (Å²) in [5.74, 6) is 0.437. The van der Waals surface area contributed by atoms with Gasteiger partial charge in [-0.2, -0.15) is 0 Å². The number of carbonyl (C=O) groups excluding carboxylic acids is 1. The van der Waals surface area contributed by atoms with Crippen molar-refractivity contribution in [2.45, 2.75) is 43.3 Å². The van der Waals surface area contributed by atoms with Crippen molar-refractivity contribution >= 4 is 39.2 Å². The first-order valence-electron chi connectivity index (χ1n) is 7.90. The van der Waals surface area contributed by atoms with Gasteiger partial charge in [-0.3, -0.25) is 14.2 Å². The molecule has 1 aliphatic rings. The van der Waals surface area contributed by atoms with Crippen molar-refractivity contribution in [2.75, 3.05) is 12.8 Å². The molecule has 0 bridgehead atoms. The van der Waals surface area contributed by atoms with Crippen LogP contribution in [0.15, 0.2) is 21.4 Å². The normalized spacial score (nSPS) is 15.9. The zero-order valence-corrected chi connectivity index (χ0v) is 15.1. The van der Waals surface area contributed by atoms with E-state index in [0.717, 1.165) is 17.7 Å². The van der Waals surface area contributed by atoms with Crippen molar-refractivity contribution in [3.63, 3.8) is 0 Å². The van der Waals surface area contributed by atoms with E-state index in [1.807, 2.05) is 17.3 Å². The number of hydrogen-bond donors (Lipinski definition) is 0. The first-order valence-corrected chi connectivity index (χ1v) is 9.77. The Hall–Kier alpha value is -1.34. The van der Waals surface area contributed by atoms with E-state index < -0.39 is 0 Å². The highest BCUT2D eigenvalue weighted by molar-refractivity contribution is 7.99. The fourth-order valence-corrected chi connectivity index (χ4v) is 4.71. The fourth-order valence-electron chi connectivity index (χ4n) is 3.01. The number of nitrogens with zero attached hydrogens (tertiary/aromatic N) is 3. The molecular weight excluding hydrogens is 330 g/mol. The highest BCUT2D eigenvalue weighted by atomic mass is 32.2. The van der Waals surface area contributed by atoms with Gasteiger partial charge in [0.05, 0.1) is 11.1 Å². The maximum atomic E-state index is 12.4. The number of fused-ring (bicyclic) bond motifs is 1. The third kappa shape index (κ3) is 3.45. The van der Waals surface area contributed by atoms with Crippen LogP contribution >= 0.6 is 23.1 Å². The molecule has 1 fully saturated rings. The van der Waals surface area contributed by atoms with E-state index in [4.69, 9.17) is 0 Å². The summed E-state index contributed by atoms with van der Waals surface area (Å²) in [6, 6.07) is 2.17. The van der Waals surface area contributed by atoms with Crippen molar-refractivity contribution in [3.8, 4) is 0 Å². The molecular formula is C16H21N3O2S2. The van der Waals surface area contributed by atoms with Crippen LogP contribution in [0.1, 0.15) is 32.1 Å². The summed E-state index contributed by atoms with van der Waals surface area (Å²) in [7, 11) is 3.61. The molecule has 2 aromatic rings. The molecule has 0 saturated heterocycles. The number of thiophene rings is 1. The van der Waals surface area contributed by atoms with Gasteiger partial charge in [0.25, 0.3) is 5.56 Å². The number of hydrogen-bond acceptors (Lipinski definition) is 5. The van der Waals surface area contributed by atoms with E-state index in [1.165, 1.54) is 46.9 Å². The van der Waals surface area contributed by atoms with Gasteiger partial charge in [0.15, 0.2) is 5.16 Å². The molecule has 1 saturated carbocycles. The molecule has 1 aliphatic carbocycles. The third-order valence-electron chi connectivity index (χ3n) is 4.50. The van der Waals surface area contributed by atoms with Crippen molar-refractivity contribution in [1.82, 2.24) is 14.5 Å². The second-order valence-electron chi connectivity index (χ2n) is 5.98.